The van der Waals surface area contributed by atoms with Gasteiger partial charge in [0.1, 0.15) is 10.4 Å². The number of ether oxygens (including phenoxy) is 1. The molecule has 1 unspecified atom stereocenters. The van der Waals surface area contributed by atoms with Gasteiger partial charge in [0.05, 0.1) is 12.8 Å². The number of fused-ring (bicyclic) bond motifs is 1. The number of halogens is 1. The van der Waals surface area contributed by atoms with Gasteiger partial charge in [-0.15, -0.1) is 0 Å². The van der Waals surface area contributed by atoms with E-state index in [-0.39, 0.29) is 0 Å². The van der Waals surface area contributed by atoms with Gasteiger partial charge in [-0.1, -0.05) is 24.3 Å². The van der Waals surface area contributed by atoms with E-state index in [1.165, 1.54) is 11.1 Å². The van der Waals surface area contributed by atoms with Crippen LogP contribution >= 0.6 is 15.9 Å². The van der Waals surface area contributed by atoms with Gasteiger partial charge in [-0.3, -0.25) is 0 Å². The van der Waals surface area contributed by atoms with E-state index in [4.69, 9.17) is 4.74 Å². The Labute approximate surface area is 109 Å². The Hall–Kier alpha value is -1.35. The maximum atomic E-state index is 5.74. The molecule has 0 aliphatic heterocycles. The van der Waals surface area contributed by atoms with E-state index < -0.39 is 0 Å². The largest absolute Gasteiger partial charge is 0.491 e. The molecule has 0 amide bonds. The van der Waals surface area contributed by atoms with Crippen LogP contribution in [0, 0.1) is 0 Å². The quantitative estimate of drug-likeness (QED) is 0.806. The predicted molar refractivity (Wildman–Crippen MR) is 70.3 cm³/mol. The fraction of sp³-hybridized carbons (Fsp3) is 0.214. The minimum atomic E-state index is 0.537. The number of pyridine rings is 1. The number of rotatable bonds is 3. The minimum Gasteiger partial charge on any atom is -0.491 e. The first kappa shape index (κ1) is 10.8. The van der Waals surface area contributed by atoms with E-state index in [2.05, 4.69) is 45.2 Å². The number of nitrogens with zero attached hydrogens (tertiary/aromatic N) is 1. The molecule has 1 aromatic heterocycles. The summed E-state index contributed by atoms with van der Waals surface area (Å²) in [6.45, 7) is 0.736. The van der Waals surface area contributed by atoms with E-state index >= 15 is 0 Å². The summed E-state index contributed by atoms with van der Waals surface area (Å²) in [5, 5.41) is 0. The number of hydrogen-bond acceptors (Lipinski definition) is 2. The van der Waals surface area contributed by atoms with Crippen molar-refractivity contribution in [2.24, 2.45) is 0 Å². The standard InChI is InChI=1S/C14H12BrNO/c15-14-6-5-12(8-16-14)17-9-11-7-10-3-1-2-4-13(10)11/h1-6,8,11H,7,9H2. The highest BCUT2D eigenvalue weighted by Crippen LogP contribution is 2.34. The van der Waals surface area contributed by atoms with Gasteiger partial charge in [-0.25, -0.2) is 4.98 Å². The molecule has 0 spiro atoms. The van der Waals surface area contributed by atoms with Crippen LogP contribution in [0.4, 0.5) is 0 Å². The lowest BCUT2D eigenvalue weighted by atomic mass is 9.78. The number of aromatic nitrogens is 1. The third-order valence-electron chi connectivity index (χ3n) is 3.11. The molecular formula is C14H12BrNO. The maximum absolute atomic E-state index is 5.74. The molecule has 0 radical (unpaired) electrons. The summed E-state index contributed by atoms with van der Waals surface area (Å²) < 4.78 is 6.57. The molecule has 17 heavy (non-hydrogen) atoms. The number of hydrogen-bond donors (Lipinski definition) is 0. The van der Waals surface area contributed by atoms with Gasteiger partial charge < -0.3 is 4.74 Å². The summed E-state index contributed by atoms with van der Waals surface area (Å²) >= 11 is 3.31. The van der Waals surface area contributed by atoms with Crippen molar-refractivity contribution >= 4 is 15.9 Å². The third kappa shape index (κ3) is 2.20. The Morgan fingerprint density at radius 3 is 2.88 bits per heavy atom. The Bertz CT molecular complexity index is 524. The zero-order valence-electron chi connectivity index (χ0n) is 9.27. The van der Waals surface area contributed by atoms with E-state index in [9.17, 15) is 0 Å². The van der Waals surface area contributed by atoms with Crippen molar-refractivity contribution in [1.82, 2.24) is 4.98 Å². The third-order valence-corrected chi connectivity index (χ3v) is 3.58. The lowest BCUT2D eigenvalue weighted by molar-refractivity contribution is 0.274. The second-order valence-electron chi connectivity index (χ2n) is 4.23. The number of benzene rings is 1. The molecule has 2 aromatic rings. The smallest absolute Gasteiger partial charge is 0.137 e. The lowest BCUT2D eigenvalue weighted by Crippen LogP contribution is -2.23. The summed E-state index contributed by atoms with van der Waals surface area (Å²) in [6.07, 6.45) is 2.87. The van der Waals surface area contributed by atoms with E-state index in [1.54, 1.807) is 6.20 Å². The van der Waals surface area contributed by atoms with Gasteiger partial charge >= 0.3 is 0 Å². The Balaban J connectivity index is 1.62. The molecular weight excluding hydrogens is 278 g/mol. The normalized spacial score (nSPS) is 17.1. The highest BCUT2D eigenvalue weighted by molar-refractivity contribution is 9.10. The van der Waals surface area contributed by atoms with Crippen molar-refractivity contribution in [3.05, 3.63) is 58.3 Å². The summed E-state index contributed by atoms with van der Waals surface area (Å²) in [5.41, 5.74) is 2.88. The monoisotopic (exact) mass is 289 g/mol. The highest BCUT2D eigenvalue weighted by Gasteiger charge is 2.25. The summed E-state index contributed by atoms with van der Waals surface area (Å²) in [5.74, 6) is 1.37. The van der Waals surface area contributed by atoms with E-state index in [0.29, 0.717) is 5.92 Å². The van der Waals surface area contributed by atoms with Crippen LogP contribution < -0.4 is 4.74 Å². The van der Waals surface area contributed by atoms with Crippen LogP contribution in [0.25, 0.3) is 0 Å². The van der Waals surface area contributed by atoms with Crippen LogP contribution in [0.15, 0.2) is 47.2 Å². The van der Waals surface area contributed by atoms with Gasteiger partial charge in [0.2, 0.25) is 0 Å². The van der Waals surface area contributed by atoms with Gasteiger partial charge in [-0.05, 0) is 45.6 Å². The molecule has 2 nitrogen and oxygen atoms in total. The van der Waals surface area contributed by atoms with Crippen LogP contribution in [-0.4, -0.2) is 11.6 Å². The molecule has 3 rings (SSSR count). The molecule has 3 heteroatoms. The van der Waals surface area contributed by atoms with Gasteiger partial charge in [-0.2, -0.15) is 0 Å². The highest BCUT2D eigenvalue weighted by atomic mass is 79.9. The van der Waals surface area contributed by atoms with E-state index in [0.717, 1.165) is 23.4 Å². The summed E-state index contributed by atoms with van der Waals surface area (Å²) in [4.78, 5) is 4.14. The van der Waals surface area contributed by atoms with Crippen LogP contribution in [0.5, 0.6) is 5.75 Å². The Morgan fingerprint density at radius 2 is 2.12 bits per heavy atom. The maximum Gasteiger partial charge on any atom is 0.137 e. The zero-order valence-corrected chi connectivity index (χ0v) is 10.9. The average Bonchev–Trinajstić information content (AvgIpc) is 2.33. The van der Waals surface area contributed by atoms with Crippen LogP contribution in [0.1, 0.15) is 17.0 Å². The molecule has 86 valence electrons. The molecule has 1 aliphatic rings. The molecule has 0 N–H and O–H groups in total. The zero-order chi connectivity index (χ0) is 11.7. The minimum absolute atomic E-state index is 0.537. The molecule has 1 aliphatic carbocycles. The molecule has 1 heterocycles. The SMILES string of the molecule is Brc1ccc(OCC2Cc3ccccc32)cn1. The second kappa shape index (κ2) is 4.49. The molecule has 1 aromatic carbocycles. The molecule has 1 atom stereocenters. The van der Waals surface area contributed by atoms with Gasteiger partial charge in [0, 0.05) is 5.92 Å². The van der Waals surface area contributed by atoms with Crippen LogP contribution in [0.3, 0.4) is 0 Å². The fourth-order valence-electron chi connectivity index (χ4n) is 2.16. The van der Waals surface area contributed by atoms with Gasteiger partial charge in [0.15, 0.2) is 0 Å². The van der Waals surface area contributed by atoms with Crippen molar-refractivity contribution in [2.45, 2.75) is 12.3 Å². The van der Waals surface area contributed by atoms with Crippen LogP contribution in [-0.2, 0) is 6.42 Å². The lowest BCUT2D eigenvalue weighted by Gasteiger charge is -2.29. The Morgan fingerprint density at radius 1 is 1.24 bits per heavy atom. The van der Waals surface area contributed by atoms with Crippen molar-refractivity contribution in [2.75, 3.05) is 6.61 Å². The van der Waals surface area contributed by atoms with Crippen molar-refractivity contribution < 1.29 is 4.74 Å². The second-order valence-corrected chi connectivity index (χ2v) is 5.04. The summed E-state index contributed by atoms with van der Waals surface area (Å²) in [6, 6.07) is 12.4. The summed E-state index contributed by atoms with van der Waals surface area (Å²) in [7, 11) is 0. The molecule has 0 saturated heterocycles. The average molecular weight is 290 g/mol. The fourth-order valence-corrected chi connectivity index (χ4v) is 2.39. The van der Waals surface area contributed by atoms with E-state index in [1.807, 2.05) is 12.1 Å². The van der Waals surface area contributed by atoms with Crippen LogP contribution in [0.2, 0.25) is 0 Å². The van der Waals surface area contributed by atoms with Crippen molar-refractivity contribution in [1.29, 1.82) is 0 Å². The Kier molecular flexibility index (Phi) is 2.85. The first-order valence-corrected chi connectivity index (χ1v) is 6.44. The molecule has 0 fully saturated rings. The van der Waals surface area contributed by atoms with Crippen molar-refractivity contribution in [3.63, 3.8) is 0 Å². The topological polar surface area (TPSA) is 22.1 Å². The first-order valence-electron chi connectivity index (χ1n) is 5.65. The predicted octanol–water partition coefficient (Wildman–Crippen LogP) is 3.56. The van der Waals surface area contributed by atoms with Gasteiger partial charge in [0.25, 0.3) is 0 Å². The molecule has 0 saturated carbocycles. The molecule has 0 bridgehead atoms. The van der Waals surface area contributed by atoms with Crippen molar-refractivity contribution in [3.8, 4) is 5.75 Å². The first-order chi connectivity index (χ1) is 8.33.